The van der Waals surface area contributed by atoms with Gasteiger partial charge in [0.05, 0.1) is 45.8 Å². The van der Waals surface area contributed by atoms with Gasteiger partial charge in [0.25, 0.3) is 5.91 Å². The zero-order valence-corrected chi connectivity index (χ0v) is 22.1. The molecule has 0 spiro atoms. The third kappa shape index (κ3) is 4.49. The molecule has 0 unspecified atom stereocenters. The second kappa shape index (κ2) is 9.56. The Morgan fingerprint density at radius 3 is 2.74 bits per heavy atom. The van der Waals surface area contributed by atoms with Crippen LogP contribution in [-0.2, 0) is 14.1 Å². The zero-order chi connectivity index (χ0) is 26.4. The van der Waals surface area contributed by atoms with Gasteiger partial charge in [-0.2, -0.15) is 15.3 Å². The number of rotatable bonds is 7. The topological polar surface area (TPSA) is 110 Å². The van der Waals surface area contributed by atoms with Crippen LogP contribution in [0.4, 0.5) is 11.5 Å². The summed E-state index contributed by atoms with van der Waals surface area (Å²) in [5.74, 6) is 1.26. The van der Waals surface area contributed by atoms with Crippen LogP contribution < -0.4 is 10.6 Å². The van der Waals surface area contributed by atoms with Crippen LogP contribution in [0.3, 0.4) is 0 Å². The molecule has 6 heterocycles. The van der Waals surface area contributed by atoms with Crippen LogP contribution >= 0.6 is 0 Å². The lowest BCUT2D eigenvalue weighted by atomic mass is 10.2. The largest absolute Gasteiger partial charge is 0.351 e. The highest BCUT2D eigenvalue weighted by atomic mass is 16.1. The Kier molecular flexibility index (Phi) is 6.07. The third-order valence-electron chi connectivity index (χ3n) is 7.30. The minimum absolute atomic E-state index is 0.127. The molecule has 1 fully saturated rings. The minimum Gasteiger partial charge on any atom is -0.351 e. The van der Waals surface area contributed by atoms with Crippen LogP contribution in [0.1, 0.15) is 29.4 Å². The molecule has 1 aliphatic heterocycles. The first-order valence-electron chi connectivity index (χ1n) is 12.9. The van der Waals surface area contributed by atoms with E-state index in [1.165, 1.54) is 6.42 Å². The number of carbonyl (C=O) groups excluding carboxylic acids is 1. The molecule has 196 valence electrons. The normalized spacial score (nSPS) is 16.1. The Morgan fingerprint density at radius 2 is 1.97 bits per heavy atom. The summed E-state index contributed by atoms with van der Waals surface area (Å²) >= 11 is 0. The van der Waals surface area contributed by atoms with Gasteiger partial charge in [0, 0.05) is 63.4 Å². The number of aromatic nitrogens is 7. The average molecular weight is 513 g/mol. The molecule has 2 N–H and O–H groups in total. The Morgan fingerprint density at radius 1 is 1.11 bits per heavy atom. The molecule has 38 heavy (non-hydrogen) atoms. The molecular formula is C27H32N10O. The van der Waals surface area contributed by atoms with Gasteiger partial charge >= 0.3 is 0 Å². The van der Waals surface area contributed by atoms with Gasteiger partial charge in [-0.05, 0) is 37.9 Å². The maximum atomic E-state index is 12.8. The van der Waals surface area contributed by atoms with Gasteiger partial charge in [0.15, 0.2) is 5.82 Å². The number of nitrogens with one attached hydrogen (secondary N) is 2. The molecule has 0 aliphatic carbocycles. The second-order valence-electron chi connectivity index (χ2n) is 10.3. The standard InChI is InChI=1S/C27H32N10O/c1-17-5-7-36(14-17)8-6-28-27(38)19-9-23(18(2)29-11-19)32-26-22-13-31-37-16-20(21-12-30-34(3)15-21)10-24(37)25(22)35(4)33-26/h9-13,15-17H,5-8,14H2,1-4H3,(H,28,38)(H,32,33)/t17-/m0/s1. The van der Waals surface area contributed by atoms with Gasteiger partial charge in [0.1, 0.15) is 0 Å². The Bertz CT molecular complexity index is 1640. The van der Waals surface area contributed by atoms with Gasteiger partial charge < -0.3 is 15.5 Å². The van der Waals surface area contributed by atoms with E-state index in [4.69, 9.17) is 5.10 Å². The molecule has 0 aromatic carbocycles. The summed E-state index contributed by atoms with van der Waals surface area (Å²) in [6.07, 6.45) is 10.5. The lowest BCUT2D eigenvalue weighted by Crippen LogP contribution is -2.33. The highest BCUT2D eigenvalue weighted by molar-refractivity contribution is 6.01. The SMILES string of the molecule is Cc1ncc(C(=O)NCCN2CC[C@H](C)C2)cc1Nc1nn(C)c2c1cnn1cc(-c3cnn(C)c3)cc21. The number of anilines is 2. The molecule has 1 saturated heterocycles. The lowest BCUT2D eigenvalue weighted by Gasteiger charge is -2.15. The molecule has 1 amide bonds. The van der Waals surface area contributed by atoms with Gasteiger partial charge in [-0.1, -0.05) is 6.92 Å². The fourth-order valence-electron chi connectivity index (χ4n) is 5.20. The molecule has 5 aromatic rings. The van der Waals surface area contributed by atoms with Gasteiger partial charge in [-0.25, -0.2) is 4.52 Å². The molecule has 5 aromatic heterocycles. The number of hydrogen-bond donors (Lipinski definition) is 2. The summed E-state index contributed by atoms with van der Waals surface area (Å²) in [5.41, 5.74) is 5.99. The van der Waals surface area contributed by atoms with Crippen LogP contribution in [-0.4, -0.2) is 71.1 Å². The molecule has 11 heteroatoms. The molecule has 0 bridgehead atoms. The van der Waals surface area contributed by atoms with E-state index in [0.717, 1.165) is 64.5 Å². The van der Waals surface area contributed by atoms with Crippen molar-refractivity contribution in [2.45, 2.75) is 20.3 Å². The van der Waals surface area contributed by atoms with E-state index >= 15 is 0 Å². The average Bonchev–Trinajstić information content (AvgIpc) is 3.67. The first-order valence-corrected chi connectivity index (χ1v) is 12.9. The van der Waals surface area contributed by atoms with Crippen molar-refractivity contribution in [3.63, 3.8) is 0 Å². The number of aryl methyl sites for hydroxylation is 3. The van der Waals surface area contributed by atoms with Crippen molar-refractivity contribution in [2.75, 3.05) is 31.5 Å². The van der Waals surface area contributed by atoms with Gasteiger partial charge in [-0.3, -0.25) is 19.1 Å². The maximum absolute atomic E-state index is 12.8. The molecule has 1 aliphatic rings. The van der Waals surface area contributed by atoms with Crippen molar-refractivity contribution in [2.24, 2.45) is 20.0 Å². The van der Waals surface area contributed by atoms with Crippen LogP contribution in [0.15, 0.2) is 43.1 Å². The molecule has 11 nitrogen and oxygen atoms in total. The number of hydrogen-bond acceptors (Lipinski definition) is 7. The smallest absolute Gasteiger partial charge is 0.252 e. The quantitative estimate of drug-likeness (QED) is 0.345. The van der Waals surface area contributed by atoms with E-state index in [1.807, 2.05) is 61.1 Å². The summed E-state index contributed by atoms with van der Waals surface area (Å²) < 4.78 is 5.49. The van der Waals surface area contributed by atoms with Gasteiger partial charge in [0.2, 0.25) is 0 Å². The summed E-state index contributed by atoms with van der Waals surface area (Å²) in [6.45, 7) is 7.87. The Labute approximate surface area is 220 Å². The fraction of sp³-hybridized carbons (Fsp3) is 0.370. The van der Waals surface area contributed by atoms with Crippen molar-refractivity contribution in [1.29, 1.82) is 0 Å². The molecule has 6 rings (SSSR count). The van der Waals surface area contributed by atoms with Crippen LogP contribution in [0.5, 0.6) is 0 Å². The highest BCUT2D eigenvalue weighted by Gasteiger charge is 2.19. The summed E-state index contributed by atoms with van der Waals surface area (Å²) in [6, 6.07) is 3.93. The summed E-state index contributed by atoms with van der Waals surface area (Å²) in [5, 5.41) is 21.0. The monoisotopic (exact) mass is 512 g/mol. The predicted molar refractivity (Wildman–Crippen MR) is 146 cm³/mol. The van der Waals surface area contributed by atoms with Crippen molar-refractivity contribution in [3.05, 3.63) is 54.4 Å². The minimum atomic E-state index is -0.127. The predicted octanol–water partition coefficient (Wildman–Crippen LogP) is 3.14. The van der Waals surface area contributed by atoms with E-state index in [1.54, 1.807) is 10.9 Å². The first-order chi connectivity index (χ1) is 18.4. The Hall–Kier alpha value is -4.25. The van der Waals surface area contributed by atoms with Crippen LogP contribution in [0.25, 0.3) is 27.5 Å². The van der Waals surface area contributed by atoms with Gasteiger partial charge in [-0.15, -0.1) is 0 Å². The van der Waals surface area contributed by atoms with Crippen molar-refractivity contribution >= 4 is 33.8 Å². The van der Waals surface area contributed by atoms with Crippen LogP contribution in [0, 0.1) is 12.8 Å². The third-order valence-corrected chi connectivity index (χ3v) is 7.30. The molecule has 0 saturated carbocycles. The first kappa shape index (κ1) is 24.1. The van der Waals surface area contributed by atoms with E-state index < -0.39 is 0 Å². The van der Waals surface area contributed by atoms with Crippen molar-refractivity contribution in [3.8, 4) is 11.1 Å². The highest BCUT2D eigenvalue weighted by Crippen LogP contribution is 2.31. The van der Waals surface area contributed by atoms with E-state index in [0.29, 0.717) is 17.9 Å². The van der Waals surface area contributed by atoms with E-state index in [2.05, 4.69) is 43.7 Å². The fourth-order valence-corrected chi connectivity index (χ4v) is 5.20. The number of pyridine rings is 1. The molecular weight excluding hydrogens is 480 g/mol. The van der Waals surface area contributed by atoms with E-state index in [-0.39, 0.29) is 5.91 Å². The second-order valence-corrected chi connectivity index (χ2v) is 10.3. The number of fused-ring (bicyclic) bond motifs is 3. The lowest BCUT2D eigenvalue weighted by molar-refractivity contribution is 0.0949. The van der Waals surface area contributed by atoms with Crippen molar-refractivity contribution in [1.82, 2.24) is 44.4 Å². The number of nitrogens with zero attached hydrogens (tertiary/aromatic N) is 8. The number of amides is 1. The van der Waals surface area contributed by atoms with Crippen LogP contribution in [0.2, 0.25) is 0 Å². The summed E-state index contributed by atoms with van der Waals surface area (Å²) in [4.78, 5) is 19.7. The Balaban J connectivity index is 1.24. The van der Waals surface area contributed by atoms with Crippen molar-refractivity contribution < 1.29 is 4.79 Å². The number of likely N-dealkylation sites (tertiary alicyclic amines) is 1. The maximum Gasteiger partial charge on any atom is 0.252 e. The summed E-state index contributed by atoms with van der Waals surface area (Å²) in [7, 11) is 3.82. The molecule has 0 radical (unpaired) electrons. The zero-order valence-electron chi connectivity index (χ0n) is 22.1. The molecule has 1 atom stereocenters. The van der Waals surface area contributed by atoms with E-state index in [9.17, 15) is 4.79 Å². The number of carbonyl (C=O) groups is 1.